The maximum atomic E-state index is 10.1. The molecule has 2 aromatic carbocycles. The summed E-state index contributed by atoms with van der Waals surface area (Å²) >= 11 is 0. The third kappa shape index (κ3) is 4.57. The number of hydrogen-bond donors (Lipinski definition) is 3. The van der Waals surface area contributed by atoms with Crippen molar-refractivity contribution in [2.24, 2.45) is 0 Å². The topological polar surface area (TPSA) is 65.6 Å². The Hall–Kier alpha value is -2.40. The smallest absolute Gasteiger partial charge is 0.134 e. The minimum Gasteiger partial charge on any atom is -0.460 e. The second-order valence-electron chi connectivity index (χ2n) is 6.12. The van der Waals surface area contributed by atoms with Crippen LogP contribution in [0.2, 0.25) is 0 Å². The summed E-state index contributed by atoms with van der Waals surface area (Å²) in [6.45, 7) is 2.76. The normalized spacial score (nSPS) is 13.6. The van der Waals surface area contributed by atoms with E-state index in [-0.39, 0.29) is 0 Å². The van der Waals surface area contributed by atoms with Gasteiger partial charge in [0, 0.05) is 12.1 Å². The monoisotopic (exact) mass is 337 g/mol. The van der Waals surface area contributed by atoms with Crippen LogP contribution in [0.3, 0.4) is 0 Å². The summed E-state index contributed by atoms with van der Waals surface area (Å²) in [6, 6.07) is 21.1. The highest BCUT2D eigenvalue weighted by atomic mass is 16.3. The first-order chi connectivity index (χ1) is 12.1. The molecule has 0 aliphatic rings. The van der Waals surface area contributed by atoms with Gasteiger partial charge in [0.15, 0.2) is 0 Å². The van der Waals surface area contributed by atoms with E-state index in [0.717, 1.165) is 28.2 Å². The van der Waals surface area contributed by atoms with Gasteiger partial charge in [-0.3, -0.25) is 0 Å². The molecule has 0 radical (unpaired) electrons. The van der Waals surface area contributed by atoms with Gasteiger partial charge in [-0.1, -0.05) is 54.6 Å². The number of nitrogens with one attached hydrogen (secondary N) is 1. The van der Waals surface area contributed by atoms with Gasteiger partial charge < -0.3 is 19.9 Å². The highest BCUT2D eigenvalue weighted by Crippen LogP contribution is 2.24. The molecule has 25 heavy (non-hydrogen) atoms. The van der Waals surface area contributed by atoms with Crippen LogP contribution in [0.4, 0.5) is 0 Å². The SMILES string of the molecule is C[C@H](O)c1ccc(-c2ccc(CNC[C@@H](O)c3ccccc3)o2)cc1. The number of rotatable bonds is 7. The summed E-state index contributed by atoms with van der Waals surface area (Å²) in [5, 5.41) is 22.9. The Morgan fingerprint density at radius 3 is 2.28 bits per heavy atom. The van der Waals surface area contributed by atoms with Crippen LogP contribution >= 0.6 is 0 Å². The zero-order valence-corrected chi connectivity index (χ0v) is 14.2. The lowest BCUT2D eigenvalue weighted by molar-refractivity contribution is 0.173. The zero-order chi connectivity index (χ0) is 17.6. The van der Waals surface area contributed by atoms with Gasteiger partial charge in [0.25, 0.3) is 0 Å². The number of benzene rings is 2. The molecule has 0 bridgehead atoms. The van der Waals surface area contributed by atoms with Gasteiger partial charge in [-0.05, 0) is 30.2 Å². The molecule has 0 saturated carbocycles. The van der Waals surface area contributed by atoms with Crippen molar-refractivity contribution in [3.05, 3.63) is 83.6 Å². The molecule has 3 N–H and O–H groups in total. The van der Waals surface area contributed by atoms with Crippen LogP contribution in [-0.4, -0.2) is 16.8 Å². The van der Waals surface area contributed by atoms with Gasteiger partial charge in [-0.2, -0.15) is 0 Å². The quantitative estimate of drug-likeness (QED) is 0.613. The molecule has 0 unspecified atom stereocenters. The van der Waals surface area contributed by atoms with Gasteiger partial charge in [0.05, 0.1) is 18.8 Å². The molecule has 2 atom stereocenters. The maximum Gasteiger partial charge on any atom is 0.134 e. The van der Waals surface area contributed by atoms with Crippen LogP contribution in [0, 0.1) is 0 Å². The fraction of sp³-hybridized carbons (Fsp3) is 0.238. The summed E-state index contributed by atoms with van der Waals surface area (Å²) in [5.74, 6) is 1.60. The summed E-state index contributed by atoms with van der Waals surface area (Å²) in [7, 11) is 0. The lowest BCUT2D eigenvalue weighted by atomic mass is 10.1. The Balaban J connectivity index is 1.55. The Kier molecular flexibility index (Phi) is 5.66. The van der Waals surface area contributed by atoms with Crippen molar-refractivity contribution in [3.63, 3.8) is 0 Å². The van der Waals surface area contributed by atoms with Gasteiger partial charge >= 0.3 is 0 Å². The standard InChI is InChI=1S/C21H23NO3/c1-15(23)16-7-9-18(10-8-16)21-12-11-19(25-21)13-22-14-20(24)17-5-3-2-4-6-17/h2-12,15,20,22-24H,13-14H2,1H3/t15-,20+/m0/s1. The van der Waals surface area contributed by atoms with E-state index in [2.05, 4.69) is 5.32 Å². The van der Waals surface area contributed by atoms with E-state index in [9.17, 15) is 10.2 Å². The van der Waals surface area contributed by atoms with E-state index in [1.54, 1.807) is 6.92 Å². The van der Waals surface area contributed by atoms with Crippen LogP contribution in [0.5, 0.6) is 0 Å². The Morgan fingerprint density at radius 1 is 0.880 bits per heavy atom. The van der Waals surface area contributed by atoms with Crippen LogP contribution < -0.4 is 5.32 Å². The lowest BCUT2D eigenvalue weighted by Crippen LogP contribution is -2.20. The van der Waals surface area contributed by atoms with Crippen LogP contribution in [0.25, 0.3) is 11.3 Å². The van der Waals surface area contributed by atoms with Crippen LogP contribution in [0.15, 0.2) is 71.1 Å². The first-order valence-electron chi connectivity index (χ1n) is 8.44. The molecule has 0 fully saturated rings. The predicted molar refractivity (Wildman–Crippen MR) is 97.9 cm³/mol. The third-order valence-electron chi connectivity index (χ3n) is 4.16. The molecule has 3 aromatic rings. The summed E-state index contributed by atoms with van der Waals surface area (Å²) < 4.78 is 5.85. The lowest BCUT2D eigenvalue weighted by Gasteiger charge is -2.11. The first-order valence-corrected chi connectivity index (χ1v) is 8.44. The molecule has 4 heteroatoms. The Morgan fingerprint density at radius 2 is 1.60 bits per heavy atom. The molecule has 4 nitrogen and oxygen atoms in total. The average molecular weight is 337 g/mol. The van der Waals surface area contributed by atoms with Crippen molar-refractivity contribution in [1.29, 1.82) is 0 Å². The molecule has 1 aromatic heterocycles. The van der Waals surface area contributed by atoms with Gasteiger partial charge in [-0.15, -0.1) is 0 Å². The van der Waals surface area contributed by atoms with Crippen LogP contribution in [-0.2, 0) is 6.54 Å². The van der Waals surface area contributed by atoms with E-state index in [4.69, 9.17) is 4.42 Å². The summed E-state index contributed by atoms with van der Waals surface area (Å²) in [5.41, 5.74) is 2.75. The van der Waals surface area contributed by atoms with E-state index in [1.165, 1.54) is 0 Å². The number of aliphatic hydroxyl groups is 2. The van der Waals surface area contributed by atoms with Crippen LogP contribution in [0.1, 0.15) is 36.0 Å². The third-order valence-corrected chi connectivity index (χ3v) is 4.16. The summed E-state index contributed by atoms with van der Waals surface area (Å²) in [4.78, 5) is 0. The molecular weight excluding hydrogens is 314 g/mol. The van der Waals surface area contributed by atoms with E-state index in [0.29, 0.717) is 13.1 Å². The van der Waals surface area contributed by atoms with Crippen molar-refractivity contribution in [3.8, 4) is 11.3 Å². The Bertz CT molecular complexity index is 778. The molecular formula is C21H23NO3. The van der Waals surface area contributed by atoms with Crippen molar-refractivity contribution in [2.45, 2.75) is 25.7 Å². The van der Waals surface area contributed by atoms with Crippen molar-refractivity contribution in [1.82, 2.24) is 5.32 Å². The second kappa shape index (κ2) is 8.12. The molecule has 3 rings (SSSR count). The predicted octanol–water partition coefficient (Wildman–Crippen LogP) is 3.82. The molecule has 0 saturated heterocycles. The maximum absolute atomic E-state index is 10.1. The van der Waals surface area contributed by atoms with Gasteiger partial charge in [-0.25, -0.2) is 0 Å². The second-order valence-corrected chi connectivity index (χ2v) is 6.12. The number of furan rings is 1. The Labute approximate surface area is 147 Å². The number of aliphatic hydroxyl groups excluding tert-OH is 2. The summed E-state index contributed by atoms with van der Waals surface area (Å²) in [6.07, 6.45) is -1.01. The largest absolute Gasteiger partial charge is 0.460 e. The van der Waals surface area contributed by atoms with Crippen molar-refractivity contribution in [2.75, 3.05) is 6.54 Å². The minimum atomic E-state index is -0.538. The van der Waals surface area contributed by atoms with Crippen molar-refractivity contribution < 1.29 is 14.6 Å². The fourth-order valence-corrected chi connectivity index (χ4v) is 2.68. The highest BCUT2D eigenvalue weighted by Gasteiger charge is 2.09. The first kappa shape index (κ1) is 17.4. The van der Waals surface area contributed by atoms with E-state index in [1.807, 2.05) is 66.7 Å². The molecule has 1 heterocycles. The van der Waals surface area contributed by atoms with Gasteiger partial charge in [0.2, 0.25) is 0 Å². The van der Waals surface area contributed by atoms with E-state index >= 15 is 0 Å². The van der Waals surface area contributed by atoms with Crippen molar-refractivity contribution >= 4 is 0 Å². The molecule has 0 aliphatic heterocycles. The van der Waals surface area contributed by atoms with E-state index < -0.39 is 12.2 Å². The molecule has 0 spiro atoms. The van der Waals surface area contributed by atoms with Gasteiger partial charge in [0.1, 0.15) is 11.5 Å². The zero-order valence-electron chi connectivity index (χ0n) is 14.2. The highest BCUT2D eigenvalue weighted by molar-refractivity contribution is 5.58. The fourth-order valence-electron chi connectivity index (χ4n) is 2.68. The molecule has 130 valence electrons. The number of hydrogen-bond acceptors (Lipinski definition) is 4. The molecule has 0 aliphatic carbocycles. The average Bonchev–Trinajstić information content (AvgIpc) is 3.11. The molecule has 0 amide bonds. The minimum absolute atomic E-state index is 0.461.